The first-order valence-corrected chi connectivity index (χ1v) is 5.16. The molecule has 0 spiro atoms. The summed E-state index contributed by atoms with van der Waals surface area (Å²) in [4.78, 5) is 16.2. The van der Waals surface area contributed by atoms with Gasteiger partial charge in [0.25, 0.3) is 0 Å². The maximum absolute atomic E-state index is 11.4. The molecule has 1 rings (SSSR count). The Bertz CT molecular complexity index is 248. The summed E-state index contributed by atoms with van der Waals surface area (Å²) in [6.45, 7) is 2.99. The van der Waals surface area contributed by atoms with Crippen molar-refractivity contribution in [3.05, 3.63) is 0 Å². The Kier molecular flexibility index (Phi) is 4.63. The van der Waals surface area contributed by atoms with Gasteiger partial charge in [-0.2, -0.15) is 5.48 Å². The zero-order valence-corrected chi connectivity index (χ0v) is 9.25. The van der Waals surface area contributed by atoms with E-state index in [1.165, 1.54) is 0 Å². The number of hydrogen-bond donors (Lipinski definition) is 5. The monoisotopic (exact) mass is 234 g/mol. The van der Waals surface area contributed by atoms with Crippen molar-refractivity contribution < 1.29 is 25.0 Å². The van der Waals surface area contributed by atoms with Crippen molar-refractivity contribution in [1.82, 2.24) is 10.8 Å². The van der Waals surface area contributed by atoms with Crippen molar-refractivity contribution in [2.45, 2.75) is 38.3 Å². The summed E-state index contributed by atoms with van der Waals surface area (Å²) < 4.78 is 0. The second-order valence-corrected chi connectivity index (χ2v) is 4.08. The molecule has 4 atom stereocenters. The van der Waals surface area contributed by atoms with Gasteiger partial charge in [0.05, 0.1) is 6.61 Å². The van der Waals surface area contributed by atoms with E-state index in [0.717, 1.165) is 0 Å². The van der Waals surface area contributed by atoms with Crippen LogP contribution in [-0.4, -0.2) is 52.3 Å². The Balaban J connectivity index is 2.54. The molecule has 0 bridgehead atoms. The summed E-state index contributed by atoms with van der Waals surface area (Å²) in [5, 5.41) is 30.5. The Labute approximate surface area is 93.4 Å². The molecule has 1 saturated heterocycles. The molecule has 1 aliphatic rings. The molecule has 1 heterocycles. The molecular formula is C9H18N2O5. The second kappa shape index (κ2) is 5.55. The maximum atomic E-state index is 11.4. The number of amides is 1. The van der Waals surface area contributed by atoms with E-state index in [-0.39, 0.29) is 11.8 Å². The molecule has 1 aliphatic heterocycles. The third-order valence-corrected chi connectivity index (χ3v) is 2.42. The number of aliphatic hydroxyl groups excluding tert-OH is 3. The molecule has 0 saturated carbocycles. The Morgan fingerprint density at radius 3 is 2.56 bits per heavy atom. The lowest BCUT2D eigenvalue weighted by atomic mass is 10.0. The van der Waals surface area contributed by atoms with E-state index < -0.39 is 31.1 Å². The lowest BCUT2D eigenvalue weighted by molar-refractivity contribution is -0.208. The Hall–Kier alpha value is -0.730. The van der Waals surface area contributed by atoms with E-state index >= 15 is 0 Å². The minimum atomic E-state index is -1.25. The van der Waals surface area contributed by atoms with E-state index in [1.54, 1.807) is 13.8 Å². The molecule has 94 valence electrons. The highest BCUT2D eigenvalue weighted by molar-refractivity contribution is 5.78. The minimum Gasteiger partial charge on any atom is -0.393 e. The first-order valence-electron chi connectivity index (χ1n) is 5.16. The lowest BCUT2D eigenvalue weighted by Gasteiger charge is -2.37. The number of hydroxylamine groups is 1. The van der Waals surface area contributed by atoms with E-state index in [9.17, 15) is 15.0 Å². The van der Waals surface area contributed by atoms with Gasteiger partial charge in [-0.1, -0.05) is 13.8 Å². The largest absolute Gasteiger partial charge is 0.393 e. The van der Waals surface area contributed by atoms with Crippen LogP contribution < -0.4 is 10.8 Å². The van der Waals surface area contributed by atoms with Crippen LogP contribution in [0.1, 0.15) is 13.8 Å². The Morgan fingerprint density at radius 2 is 2.06 bits per heavy atom. The van der Waals surface area contributed by atoms with Crippen LogP contribution in [0.5, 0.6) is 0 Å². The van der Waals surface area contributed by atoms with Gasteiger partial charge >= 0.3 is 0 Å². The number of nitrogens with one attached hydrogen (secondary N) is 2. The number of carbonyl (C=O) groups is 1. The van der Waals surface area contributed by atoms with E-state index in [4.69, 9.17) is 9.94 Å². The quantitative estimate of drug-likeness (QED) is 0.375. The zero-order chi connectivity index (χ0) is 12.3. The van der Waals surface area contributed by atoms with Crippen LogP contribution in [-0.2, 0) is 9.63 Å². The smallest absolute Gasteiger partial charge is 0.223 e. The van der Waals surface area contributed by atoms with Crippen LogP contribution in [0.15, 0.2) is 0 Å². The number of aliphatic hydroxyl groups is 3. The molecule has 0 aliphatic carbocycles. The summed E-state index contributed by atoms with van der Waals surface area (Å²) in [5.74, 6) is -0.503. The van der Waals surface area contributed by atoms with Crippen LogP contribution in [0.3, 0.4) is 0 Å². The SMILES string of the molecule is CC(C)C(=O)NC1NOC(CO)C(O)C1O. The highest BCUT2D eigenvalue weighted by atomic mass is 16.7. The maximum Gasteiger partial charge on any atom is 0.223 e. The van der Waals surface area contributed by atoms with Gasteiger partial charge in [0, 0.05) is 5.92 Å². The summed E-state index contributed by atoms with van der Waals surface area (Å²) >= 11 is 0. The van der Waals surface area contributed by atoms with E-state index in [1.807, 2.05) is 0 Å². The highest BCUT2D eigenvalue weighted by Gasteiger charge is 2.39. The molecule has 7 heteroatoms. The van der Waals surface area contributed by atoms with Crippen molar-refractivity contribution in [2.75, 3.05) is 6.61 Å². The van der Waals surface area contributed by atoms with Crippen LogP contribution >= 0.6 is 0 Å². The van der Waals surface area contributed by atoms with E-state index in [0.29, 0.717) is 0 Å². The molecule has 16 heavy (non-hydrogen) atoms. The predicted octanol–water partition coefficient (Wildman–Crippen LogP) is -2.30. The number of hydrogen-bond acceptors (Lipinski definition) is 6. The third-order valence-electron chi connectivity index (χ3n) is 2.42. The topological polar surface area (TPSA) is 111 Å². The molecule has 1 amide bonds. The summed E-state index contributed by atoms with van der Waals surface area (Å²) in [5.41, 5.74) is 2.38. The first-order chi connectivity index (χ1) is 7.47. The Morgan fingerprint density at radius 1 is 1.44 bits per heavy atom. The van der Waals surface area contributed by atoms with Crippen LogP contribution in [0, 0.1) is 5.92 Å². The fourth-order valence-electron chi connectivity index (χ4n) is 1.30. The van der Waals surface area contributed by atoms with Gasteiger partial charge in [0.1, 0.15) is 24.5 Å². The fraction of sp³-hybridized carbons (Fsp3) is 0.889. The highest BCUT2D eigenvalue weighted by Crippen LogP contribution is 2.12. The van der Waals surface area contributed by atoms with Crippen molar-refractivity contribution >= 4 is 5.91 Å². The van der Waals surface area contributed by atoms with Gasteiger partial charge in [-0.15, -0.1) is 0 Å². The number of carbonyl (C=O) groups excluding carboxylic acids is 1. The normalized spacial score (nSPS) is 35.1. The average Bonchev–Trinajstić information content (AvgIpc) is 2.25. The van der Waals surface area contributed by atoms with Gasteiger partial charge in [0.2, 0.25) is 5.91 Å². The van der Waals surface area contributed by atoms with Crippen molar-refractivity contribution in [3.8, 4) is 0 Å². The van der Waals surface area contributed by atoms with Crippen LogP contribution in [0.4, 0.5) is 0 Å². The zero-order valence-electron chi connectivity index (χ0n) is 9.25. The van der Waals surface area contributed by atoms with Crippen LogP contribution in [0.2, 0.25) is 0 Å². The molecule has 5 N–H and O–H groups in total. The minimum absolute atomic E-state index is 0.235. The van der Waals surface area contributed by atoms with Crippen molar-refractivity contribution in [2.24, 2.45) is 5.92 Å². The third kappa shape index (κ3) is 2.89. The molecule has 4 unspecified atom stereocenters. The molecule has 1 fully saturated rings. The number of rotatable bonds is 3. The van der Waals surface area contributed by atoms with Gasteiger partial charge < -0.3 is 20.6 Å². The lowest BCUT2D eigenvalue weighted by Crippen LogP contribution is -2.65. The van der Waals surface area contributed by atoms with Crippen molar-refractivity contribution in [1.29, 1.82) is 0 Å². The first kappa shape index (κ1) is 13.3. The van der Waals surface area contributed by atoms with Crippen molar-refractivity contribution in [3.63, 3.8) is 0 Å². The fourth-order valence-corrected chi connectivity index (χ4v) is 1.30. The van der Waals surface area contributed by atoms with E-state index in [2.05, 4.69) is 10.8 Å². The molecule has 0 aromatic heterocycles. The molecule has 0 radical (unpaired) electrons. The van der Waals surface area contributed by atoms with Gasteiger partial charge in [0.15, 0.2) is 0 Å². The molecular weight excluding hydrogens is 216 g/mol. The van der Waals surface area contributed by atoms with Gasteiger partial charge in [-0.05, 0) is 0 Å². The molecule has 7 nitrogen and oxygen atoms in total. The standard InChI is InChI=1S/C9H18N2O5/c1-4(2)9(15)10-8-7(14)6(13)5(3-12)16-11-8/h4-8,11-14H,3H2,1-2H3,(H,10,15). The average molecular weight is 234 g/mol. The van der Waals surface area contributed by atoms with Crippen LogP contribution in [0.25, 0.3) is 0 Å². The van der Waals surface area contributed by atoms with Gasteiger partial charge in [-0.25, -0.2) is 0 Å². The molecule has 0 aromatic rings. The summed E-state index contributed by atoms with van der Waals surface area (Å²) in [7, 11) is 0. The van der Waals surface area contributed by atoms with Gasteiger partial charge in [-0.3, -0.25) is 9.63 Å². The predicted molar refractivity (Wildman–Crippen MR) is 53.9 cm³/mol. The molecule has 0 aromatic carbocycles. The second-order valence-electron chi connectivity index (χ2n) is 4.08. The summed E-state index contributed by atoms with van der Waals surface area (Å²) in [6, 6.07) is 0. The summed E-state index contributed by atoms with van der Waals surface area (Å²) in [6.07, 6.45) is -4.26.